The highest BCUT2D eigenvalue weighted by atomic mass is 16.1. The fourth-order valence-corrected chi connectivity index (χ4v) is 4.94. The normalized spacial score (nSPS) is 18.8. The van der Waals surface area contributed by atoms with Gasteiger partial charge in [0.25, 0.3) is 0 Å². The van der Waals surface area contributed by atoms with Gasteiger partial charge in [0, 0.05) is 24.6 Å². The molecule has 5 rings (SSSR count). The number of amides is 1. The van der Waals surface area contributed by atoms with E-state index in [-0.39, 0.29) is 17.9 Å². The average Bonchev–Trinajstić information content (AvgIpc) is 2.85. The van der Waals surface area contributed by atoms with Crippen LogP contribution in [0.25, 0.3) is 11.3 Å². The number of aromatic nitrogens is 2. The van der Waals surface area contributed by atoms with Crippen LogP contribution < -0.4 is 10.2 Å². The van der Waals surface area contributed by atoms with Crippen LogP contribution in [-0.4, -0.2) is 29.2 Å². The molecule has 2 heterocycles. The van der Waals surface area contributed by atoms with Crippen LogP contribution in [0.5, 0.6) is 0 Å². The van der Waals surface area contributed by atoms with Gasteiger partial charge in [-0.3, -0.25) is 4.79 Å². The highest BCUT2D eigenvalue weighted by Gasteiger charge is 2.29. The van der Waals surface area contributed by atoms with Crippen molar-refractivity contribution >= 4 is 11.7 Å². The van der Waals surface area contributed by atoms with E-state index in [1.54, 1.807) is 0 Å². The van der Waals surface area contributed by atoms with Crippen molar-refractivity contribution in [3.63, 3.8) is 0 Å². The van der Waals surface area contributed by atoms with E-state index in [1.165, 1.54) is 16.7 Å². The summed E-state index contributed by atoms with van der Waals surface area (Å²) < 4.78 is 0. The third-order valence-electron chi connectivity index (χ3n) is 6.87. The van der Waals surface area contributed by atoms with E-state index in [2.05, 4.69) is 75.9 Å². The maximum absolute atomic E-state index is 13.0. The second-order valence-electron chi connectivity index (χ2n) is 9.06. The van der Waals surface area contributed by atoms with Crippen molar-refractivity contribution in [2.24, 2.45) is 5.92 Å². The first-order valence-corrected chi connectivity index (χ1v) is 11.7. The topological polar surface area (TPSA) is 58.1 Å². The van der Waals surface area contributed by atoms with Gasteiger partial charge in [0.2, 0.25) is 5.91 Å². The van der Waals surface area contributed by atoms with Gasteiger partial charge < -0.3 is 10.2 Å². The second-order valence-corrected chi connectivity index (χ2v) is 9.06. The van der Waals surface area contributed by atoms with E-state index < -0.39 is 0 Å². The summed E-state index contributed by atoms with van der Waals surface area (Å²) in [6, 6.07) is 21.1. The maximum Gasteiger partial charge on any atom is 0.223 e. The van der Waals surface area contributed by atoms with Gasteiger partial charge in [-0.25, -0.2) is 0 Å². The van der Waals surface area contributed by atoms with Gasteiger partial charge in [0.15, 0.2) is 5.82 Å². The summed E-state index contributed by atoms with van der Waals surface area (Å²) in [6.07, 6.45) is 4.98. The standard InChI is InChI=1S/C27H30N4O/c1-19-9-11-21(12-10-19)24-13-14-26(30-29-24)31-17-15-22(16-18-31)27(32)28-25-8-4-6-20-5-2-3-7-23(20)25/h2-3,5,7,9-14,22,25H,4,6,8,15-18H2,1H3,(H,28,32). The summed E-state index contributed by atoms with van der Waals surface area (Å²) in [5.74, 6) is 1.16. The largest absolute Gasteiger partial charge is 0.355 e. The lowest BCUT2D eigenvalue weighted by molar-refractivity contribution is -0.126. The first kappa shape index (κ1) is 20.7. The molecule has 1 aliphatic heterocycles. The fourth-order valence-electron chi connectivity index (χ4n) is 4.94. The second kappa shape index (κ2) is 9.11. The van der Waals surface area contributed by atoms with Gasteiger partial charge in [-0.2, -0.15) is 0 Å². The van der Waals surface area contributed by atoms with Crippen molar-refractivity contribution in [3.8, 4) is 11.3 Å². The number of benzene rings is 2. The summed E-state index contributed by atoms with van der Waals surface area (Å²) in [5.41, 5.74) is 5.88. The van der Waals surface area contributed by atoms with Crippen molar-refractivity contribution in [3.05, 3.63) is 77.4 Å². The molecule has 1 fully saturated rings. The zero-order valence-corrected chi connectivity index (χ0v) is 18.6. The van der Waals surface area contributed by atoms with Crippen LogP contribution in [-0.2, 0) is 11.2 Å². The number of carbonyl (C=O) groups is 1. The zero-order chi connectivity index (χ0) is 21.9. The Hall–Kier alpha value is -3.21. The molecule has 3 aromatic rings. The molecule has 5 nitrogen and oxygen atoms in total. The van der Waals surface area contributed by atoms with E-state index >= 15 is 0 Å². The first-order valence-electron chi connectivity index (χ1n) is 11.7. The van der Waals surface area contributed by atoms with Crippen molar-refractivity contribution in [2.75, 3.05) is 18.0 Å². The molecular formula is C27H30N4O. The minimum atomic E-state index is 0.0696. The van der Waals surface area contributed by atoms with Gasteiger partial charge >= 0.3 is 0 Å². The number of nitrogens with one attached hydrogen (secondary N) is 1. The minimum Gasteiger partial charge on any atom is -0.355 e. The molecule has 0 saturated carbocycles. The number of carbonyl (C=O) groups excluding carboxylic acids is 1. The number of hydrogen-bond acceptors (Lipinski definition) is 4. The molecule has 1 saturated heterocycles. The molecule has 1 atom stereocenters. The van der Waals surface area contributed by atoms with E-state index in [4.69, 9.17) is 0 Å². The Morgan fingerprint density at radius 1 is 0.938 bits per heavy atom. The molecule has 0 bridgehead atoms. The third kappa shape index (κ3) is 4.38. The van der Waals surface area contributed by atoms with Gasteiger partial charge in [-0.05, 0) is 62.3 Å². The molecule has 164 valence electrons. The van der Waals surface area contributed by atoms with Gasteiger partial charge in [-0.1, -0.05) is 54.1 Å². The number of hydrogen-bond donors (Lipinski definition) is 1. The Kier molecular flexibility index (Phi) is 5.89. The highest BCUT2D eigenvalue weighted by molar-refractivity contribution is 5.79. The summed E-state index contributed by atoms with van der Waals surface area (Å²) in [4.78, 5) is 15.2. The van der Waals surface area contributed by atoms with Crippen LogP contribution >= 0.6 is 0 Å². The van der Waals surface area contributed by atoms with Crippen LogP contribution in [0.2, 0.25) is 0 Å². The van der Waals surface area contributed by atoms with Crippen molar-refractivity contribution in [1.29, 1.82) is 0 Å². The molecule has 2 aliphatic rings. The lowest BCUT2D eigenvalue weighted by Gasteiger charge is -2.33. The fraction of sp³-hybridized carbons (Fsp3) is 0.370. The summed E-state index contributed by atoms with van der Waals surface area (Å²) in [6.45, 7) is 3.74. The lowest BCUT2D eigenvalue weighted by atomic mass is 9.87. The maximum atomic E-state index is 13.0. The number of fused-ring (bicyclic) bond motifs is 1. The molecule has 1 N–H and O–H groups in total. The Morgan fingerprint density at radius 2 is 1.72 bits per heavy atom. The SMILES string of the molecule is Cc1ccc(-c2ccc(N3CCC(C(=O)NC4CCCc5ccccc54)CC3)nn2)cc1. The zero-order valence-electron chi connectivity index (χ0n) is 18.6. The quantitative estimate of drug-likeness (QED) is 0.647. The Bertz CT molecular complexity index is 1070. The predicted octanol–water partition coefficient (Wildman–Crippen LogP) is 4.86. The smallest absolute Gasteiger partial charge is 0.223 e. The van der Waals surface area contributed by atoms with Crippen molar-refractivity contribution < 1.29 is 4.79 Å². The third-order valence-corrected chi connectivity index (χ3v) is 6.87. The van der Waals surface area contributed by atoms with Gasteiger partial charge in [0.1, 0.15) is 0 Å². The Balaban J connectivity index is 1.17. The predicted molar refractivity (Wildman–Crippen MR) is 127 cm³/mol. The van der Waals surface area contributed by atoms with Crippen LogP contribution in [0.4, 0.5) is 5.82 Å². The Morgan fingerprint density at radius 3 is 2.47 bits per heavy atom. The minimum absolute atomic E-state index is 0.0696. The number of anilines is 1. The number of aryl methyl sites for hydroxylation is 2. The summed E-state index contributed by atoms with van der Waals surface area (Å²) in [7, 11) is 0. The van der Waals surface area contributed by atoms with E-state index in [0.717, 1.165) is 62.3 Å². The van der Waals surface area contributed by atoms with E-state index in [1.807, 2.05) is 12.1 Å². The van der Waals surface area contributed by atoms with E-state index in [9.17, 15) is 4.79 Å². The molecule has 0 radical (unpaired) electrons. The molecule has 1 aromatic heterocycles. The van der Waals surface area contributed by atoms with E-state index in [0.29, 0.717) is 0 Å². The van der Waals surface area contributed by atoms with Crippen LogP contribution in [0.15, 0.2) is 60.7 Å². The van der Waals surface area contributed by atoms with Crippen molar-refractivity contribution in [1.82, 2.24) is 15.5 Å². The number of rotatable bonds is 4. The Labute approximate surface area is 189 Å². The number of piperidine rings is 1. The monoisotopic (exact) mass is 426 g/mol. The van der Waals surface area contributed by atoms with Gasteiger partial charge in [-0.15, -0.1) is 10.2 Å². The van der Waals surface area contributed by atoms with Crippen LogP contribution in [0.3, 0.4) is 0 Å². The van der Waals surface area contributed by atoms with Gasteiger partial charge in [0.05, 0.1) is 11.7 Å². The summed E-state index contributed by atoms with van der Waals surface area (Å²) in [5, 5.41) is 12.2. The molecule has 1 amide bonds. The lowest BCUT2D eigenvalue weighted by Crippen LogP contribution is -2.42. The molecule has 5 heteroatoms. The average molecular weight is 427 g/mol. The highest BCUT2D eigenvalue weighted by Crippen LogP contribution is 2.31. The molecular weight excluding hydrogens is 396 g/mol. The molecule has 1 aliphatic carbocycles. The molecule has 32 heavy (non-hydrogen) atoms. The molecule has 2 aromatic carbocycles. The first-order chi connectivity index (χ1) is 15.7. The van der Waals surface area contributed by atoms with Crippen LogP contribution in [0.1, 0.15) is 48.4 Å². The molecule has 1 unspecified atom stereocenters. The number of nitrogens with zero attached hydrogens (tertiary/aromatic N) is 3. The summed E-state index contributed by atoms with van der Waals surface area (Å²) >= 11 is 0. The van der Waals surface area contributed by atoms with Crippen LogP contribution in [0, 0.1) is 12.8 Å². The molecule has 0 spiro atoms. The van der Waals surface area contributed by atoms with Crippen molar-refractivity contribution in [2.45, 2.75) is 45.1 Å².